The molecule has 0 unspecified atom stereocenters. The van der Waals surface area contributed by atoms with E-state index in [1.165, 1.54) is 0 Å². The van der Waals surface area contributed by atoms with E-state index in [0.717, 1.165) is 0 Å². The Hall–Kier alpha value is -2.76. The summed E-state index contributed by atoms with van der Waals surface area (Å²) in [6, 6.07) is -5.42. The van der Waals surface area contributed by atoms with Crippen LogP contribution < -0.4 is 10.6 Å². The van der Waals surface area contributed by atoms with Gasteiger partial charge in [0.2, 0.25) is 0 Å². The zero-order chi connectivity index (χ0) is 24.3. The maximum atomic E-state index is 13.6. The molecule has 30 heavy (non-hydrogen) atoms. The first-order valence-corrected chi connectivity index (χ1v) is 7.13. The average Bonchev–Trinajstić information content (AvgIpc) is 2.62. The van der Waals surface area contributed by atoms with E-state index in [2.05, 4.69) is 0 Å². The molecule has 0 spiro atoms. The van der Waals surface area contributed by atoms with Crippen molar-refractivity contribution in [3.8, 4) is 0 Å². The van der Waals surface area contributed by atoms with Crippen molar-refractivity contribution in [2.75, 3.05) is 13.2 Å². The molecular formula is C12H12F8N2O8. The van der Waals surface area contributed by atoms with Crippen molar-refractivity contribution in [3.05, 3.63) is 0 Å². The molecule has 0 rings (SSSR count). The number of carbonyl (C=O) groups excluding carboxylic acids is 2. The zero-order valence-electron chi connectivity index (χ0n) is 14.0. The van der Waals surface area contributed by atoms with Crippen LogP contribution in [0.4, 0.5) is 35.1 Å². The van der Waals surface area contributed by atoms with Crippen LogP contribution in [-0.4, -0.2) is 93.2 Å². The maximum Gasteiger partial charge on any atom is 0.392 e. The first-order chi connectivity index (χ1) is 13.3. The van der Waals surface area contributed by atoms with Crippen molar-refractivity contribution in [2.24, 2.45) is 0 Å². The highest BCUT2D eigenvalue weighted by molar-refractivity contribution is 5.91. The van der Waals surface area contributed by atoms with Crippen LogP contribution in [0.2, 0.25) is 0 Å². The predicted octanol–water partition coefficient (Wildman–Crippen LogP) is -1.35. The van der Waals surface area contributed by atoms with Crippen molar-refractivity contribution in [1.82, 2.24) is 10.6 Å². The smallest absolute Gasteiger partial charge is 0.392 e. The van der Waals surface area contributed by atoms with Gasteiger partial charge in [0.25, 0.3) is 11.8 Å². The second-order valence-corrected chi connectivity index (χ2v) is 5.39. The summed E-state index contributed by atoms with van der Waals surface area (Å²) in [6.45, 7) is -3.37. The van der Waals surface area contributed by atoms with Gasteiger partial charge in [0.1, 0.15) is 0 Å². The number of hydrogen-bond acceptors (Lipinski definition) is 6. The van der Waals surface area contributed by atoms with Gasteiger partial charge < -0.3 is 31.1 Å². The standard InChI is InChI=1S/C12H12F8N2O8/c13-9(14,7(29)21-3(1-23)5(25)26)11(17,18)12(19,20)10(15,16)8(30)22-4(2-24)6(27)28/h3-4,23-24H,1-2H2,(H,21,29)(H,22,30)(H,25,26)(H,27,28)/t3-,4-/m0/s1. The van der Waals surface area contributed by atoms with E-state index in [9.17, 15) is 54.3 Å². The third-order valence-corrected chi connectivity index (χ3v) is 3.33. The van der Waals surface area contributed by atoms with Gasteiger partial charge in [0.15, 0.2) is 12.1 Å². The predicted molar refractivity (Wildman–Crippen MR) is 73.1 cm³/mol. The molecule has 174 valence electrons. The van der Waals surface area contributed by atoms with Crippen LogP contribution in [0.3, 0.4) is 0 Å². The summed E-state index contributed by atoms with van der Waals surface area (Å²) in [4.78, 5) is 43.2. The Labute approximate surface area is 159 Å². The Balaban J connectivity index is 6.01. The lowest BCUT2D eigenvalue weighted by atomic mass is 9.97. The molecule has 0 aromatic heterocycles. The largest absolute Gasteiger partial charge is 0.480 e. The fraction of sp³-hybridized carbons (Fsp3) is 0.667. The van der Waals surface area contributed by atoms with Gasteiger partial charge in [-0.2, -0.15) is 35.1 Å². The van der Waals surface area contributed by atoms with Gasteiger partial charge in [-0.1, -0.05) is 0 Å². The highest BCUT2D eigenvalue weighted by atomic mass is 19.4. The van der Waals surface area contributed by atoms with E-state index in [-0.39, 0.29) is 0 Å². The van der Waals surface area contributed by atoms with E-state index in [4.69, 9.17) is 20.4 Å². The number of carboxylic acids is 2. The average molecular weight is 464 g/mol. The van der Waals surface area contributed by atoms with E-state index in [1.807, 2.05) is 0 Å². The number of carbonyl (C=O) groups is 4. The number of aliphatic hydroxyl groups is 2. The Kier molecular flexibility index (Phi) is 8.12. The molecule has 0 aliphatic heterocycles. The number of aliphatic hydroxyl groups excluding tert-OH is 2. The molecular weight excluding hydrogens is 452 g/mol. The molecule has 0 heterocycles. The van der Waals surface area contributed by atoms with Crippen molar-refractivity contribution in [2.45, 2.75) is 35.8 Å². The SMILES string of the molecule is O=C(O)[C@H](CO)NC(=O)C(F)(F)C(F)(F)C(F)(F)C(F)(F)C(=O)N[C@@H](CO)C(=O)O. The minimum atomic E-state index is -7.35. The van der Waals surface area contributed by atoms with E-state index < -0.39 is 72.7 Å². The zero-order valence-corrected chi connectivity index (χ0v) is 14.0. The van der Waals surface area contributed by atoms with Gasteiger partial charge in [-0.25, -0.2) is 9.59 Å². The second kappa shape index (κ2) is 8.94. The molecule has 0 saturated carbocycles. The van der Waals surface area contributed by atoms with Crippen LogP contribution in [0.25, 0.3) is 0 Å². The molecule has 0 aromatic rings. The quantitative estimate of drug-likeness (QED) is 0.204. The topological polar surface area (TPSA) is 173 Å². The van der Waals surface area contributed by atoms with Gasteiger partial charge in [-0.3, -0.25) is 9.59 Å². The van der Waals surface area contributed by atoms with E-state index in [0.29, 0.717) is 10.6 Å². The molecule has 2 atom stereocenters. The van der Waals surface area contributed by atoms with Gasteiger partial charge in [-0.05, 0) is 0 Å². The third-order valence-electron chi connectivity index (χ3n) is 3.33. The number of halogens is 8. The monoisotopic (exact) mass is 464 g/mol. The third kappa shape index (κ3) is 4.69. The van der Waals surface area contributed by atoms with Gasteiger partial charge in [0, 0.05) is 0 Å². The van der Waals surface area contributed by atoms with Crippen LogP contribution in [0, 0.1) is 0 Å². The number of carboxylic acid groups (broad SMARTS) is 2. The number of hydrogen-bond donors (Lipinski definition) is 6. The number of amides is 2. The molecule has 10 nitrogen and oxygen atoms in total. The van der Waals surface area contributed by atoms with Gasteiger partial charge in [-0.15, -0.1) is 0 Å². The highest BCUT2D eigenvalue weighted by Crippen LogP contribution is 2.52. The van der Waals surface area contributed by atoms with Crippen molar-refractivity contribution in [3.63, 3.8) is 0 Å². The summed E-state index contributed by atoms with van der Waals surface area (Å²) in [6.07, 6.45) is 0. The summed E-state index contributed by atoms with van der Waals surface area (Å²) >= 11 is 0. The van der Waals surface area contributed by atoms with E-state index >= 15 is 0 Å². The summed E-state index contributed by atoms with van der Waals surface area (Å²) in [5.41, 5.74) is 0. The fourth-order valence-corrected chi connectivity index (χ4v) is 1.55. The van der Waals surface area contributed by atoms with Gasteiger partial charge >= 0.3 is 35.6 Å². The molecule has 0 aliphatic carbocycles. The molecule has 0 bridgehead atoms. The van der Waals surface area contributed by atoms with Crippen LogP contribution in [0.1, 0.15) is 0 Å². The summed E-state index contributed by atoms with van der Waals surface area (Å²) in [5.74, 6) is -39.8. The first-order valence-electron chi connectivity index (χ1n) is 7.13. The number of rotatable bonds is 11. The van der Waals surface area contributed by atoms with Gasteiger partial charge in [0.05, 0.1) is 13.2 Å². The normalized spacial score (nSPS) is 15.1. The van der Waals surface area contributed by atoms with Crippen LogP contribution >= 0.6 is 0 Å². The lowest BCUT2D eigenvalue weighted by Gasteiger charge is -2.35. The molecule has 18 heteroatoms. The maximum absolute atomic E-state index is 13.6. The molecule has 0 fully saturated rings. The summed E-state index contributed by atoms with van der Waals surface area (Å²) < 4.78 is 109. The Morgan fingerprint density at radius 2 is 0.867 bits per heavy atom. The molecule has 0 aliphatic rings. The number of alkyl halides is 8. The van der Waals surface area contributed by atoms with E-state index in [1.54, 1.807) is 0 Å². The van der Waals surface area contributed by atoms with Crippen LogP contribution in [0.15, 0.2) is 0 Å². The first kappa shape index (κ1) is 27.2. The molecule has 0 saturated heterocycles. The fourth-order valence-electron chi connectivity index (χ4n) is 1.55. The van der Waals surface area contributed by atoms with Crippen molar-refractivity contribution >= 4 is 23.8 Å². The Morgan fingerprint density at radius 1 is 0.633 bits per heavy atom. The lowest BCUT2D eigenvalue weighted by molar-refractivity contribution is -0.347. The number of aliphatic carboxylic acids is 2. The van der Waals surface area contributed by atoms with Crippen LogP contribution in [0.5, 0.6) is 0 Å². The summed E-state index contributed by atoms with van der Waals surface area (Å²) in [7, 11) is 0. The van der Waals surface area contributed by atoms with Crippen molar-refractivity contribution in [1.29, 1.82) is 0 Å². The molecule has 0 aromatic carbocycles. The Morgan fingerprint density at radius 3 is 1.03 bits per heavy atom. The molecule has 2 amide bonds. The van der Waals surface area contributed by atoms with Crippen LogP contribution in [-0.2, 0) is 19.2 Å². The highest BCUT2D eigenvalue weighted by Gasteiger charge is 2.84. The Bertz CT molecular complexity index is 644. The summed E-state index contributed by atoms with van der Waals surface area (Å²) in [5, 5.41) is 34.9. The minimum absolute atomic E-state index is 0.514. The molecule has 0 radical (unpaired) electrons. The van der Waals surface area contributed by atoms with Crippen molar-refractivity contribution < 1.29 is 74.7 Å². The minimum Gasteiger partial charge on any atom is -0.480 e. The lowest BCUT2D eigenvalue weighted by Crippen LogP contribution is -2.70. The second-order valence-electron chi connectivity index (χ2n) is 5.39. The molecule has 6 N–H and O–H groups in total. The number of nitrogens with one attached hydrogen (secondary N) is 2.